The molecule has 2 unspecified atom stereocenters. The minimum absolute atomic E-state index is 0.0814. The lowest BCUT2D eigenvalue weighted by Gasteiger charge is -2.32. The van der Waals surface area contributed by atoms with Gasteiger partial charge in [0.05, 0.1) is 17.2 Å². The van der Waals surface area contributed by atoms with Gasteiger partial charge in [-0.15, -0.1) is 4.72 Å². The average molecular weight is 408 g/mol. The van der Waals surface area contributed by atoms with Crippen molar-refractivity contribution in [2.75, 3.05) is 5.75 Å². The Balaban J connectivity index is 1.95. The highest BCUT2D eigenvalue weighted by Gasteiger charge is 2.53. The molecule has 0 amide bonds. The summed E-state index contributed by atoms with van der Waals surface area (Å²) in [5, 5.41) is 0. The second-order valence-corrected chi connectivity index (χ2v) is 10.4. The molecule has 1 N–H and O–H groups in total. The molecular formula is C20H33BN2O4S. The minimum Gasteiger partial charge on any atom is -0.598 e. The van der Waals surface area contributed by atoms with Crippen molar-refractivity contribution >= 4 is 23.9 Å². The van der Waals surface area contributed by atoms with Crippen molar-refractivity contribution in [1.29, 1.82) is 0 Å². The molecule has 2 aliphatic rings. The second kappa shape index (κ2) is 8.15. The maximum atomic E-state index is 12.6. The molecule has 3 rings (SSSR count). The highest BCUT2D eigenvalue weighted by Crippen LogP contribution is 2.42. The van der Waals surface area contributed by atoms with Crippen LogP contribution in [0.4, 0.5) is 0 Å². The van der Waals surface area contributed by atoms with E-state index in [0.29, 0.717) is 11.7 Å². The Hall–Kier alpha value is -0.795. The van der Waals surface area contributed by atoms with Crippen LogP contribution in [-0.4, -0.2) is 33.2 Å². The summed E-state index contributed by atoms with van der Waals surface area (Å²) in [6.07, 6.45) is 5.87. The van der Waals surface area contributed by atoms with Crippen LogP contribution in [0.15, 0.2) is 17.1 Å². The summed E-state index contributed by atoms with van der Waals surface area (Å²) in [4.78, 5) is 12.4. The number of hydrogen-bond acceptors (Lipinski definition) is 5. The van der Waals surface area contributed by atoms with Gasteiger partial charge in [-0.3, -0.25) is 4.79 Å². The van der Waals surface area contributed by atoms with Crippen LogP contribution in [0.5, 0.6) is 0 Å². The molecule has 2 atom stereocenters. The molecule has 156 valence electrons. The summed E-state index contributed by atoms with van der Waals surface area (Å²) < 4.78 is 29.9. The average Bonchev–Trinajstić information content (AvgIpc) is 3.40. The van der Waals surface area contributed by atoms with Crippen LogP contribution < -0.4 is 15.7 Å². The molecule has 1 saturated carbocycles. The van der Waals surface area contributed by atoms with E-state index in [-0.39, 0.29) is 11.6 Å². The van der Waals surface area contributed by atoms with E-state index in [4.69, 9.17) is 9.31 Å². The molecule has 1 aliphatic heterocycles. The summed E-state index contributed by atoms with van der Waals surface area (Å²) in [5.41, 5.74) is 0.695. The third-order valence-corrected chi connectivity index (χ3v) is 7.35. The van der Waals surface area contributed by atoms with Gasteiger partial charge < -0.3 is 18.4 Å². The van der Waals surface area contributed by atoms with Crippen LogP contribution >= 0.6 is 0 Å². The van der Waals surface area contributed by atoms with Gasteiger partial charge >= 0.3 is 7.12 Å². The molecule has 28 heavy (non-hydrogen) atoms. The number of rotatable bonds is 8. The molecule has 0 aromatic carbocycles. The van der Waals surface area contributed by atoms with Gasteiger partial charge in [0.1, 0.15) is 5.75 Å². The first-order valence-electron chi connectivity index (χ1n) is 10.3. The Bertz CT molecular complexity index is 747. The Morgan fingerprint density at radius 3 is 2.46 bits per heavy atom. The quantitative estimate of drug-likeness (QED) is 0.527. The molecule has 0 bridgehead atoms. The number of pyridine rings is 1. The van der Waals surface area contributed by atoms with Gasteiger partial charge in [-0.25, -0.2) is 0 Å². The fraction of sp³-hybridized carbons (Fsp3) is 0.750. The van der Waals surface area contributed by atoms with Crippen molar-refractivity contribution < 1.29 is 13.9 Å². The largest absolute Gasteiger partial charge is 0.598 e. The molecular weight excluding hydrogens is 375 g/mol. The van der Waals surface area contributed by atoms with Crippen LogP contribution in [0, 0.1) is 5.92 Å². The lowest BCUT2D eigenvalue weighted by Crippen LogP contribution is -2.44. The van der Waals surface area contributed by atoms with Gasteiger partial charge in [-0.05, 0) is 58.4 Å². The molecule has 1 aliphatic carbocycles. The van der Waals surface area contributed by atoms with E-state index >= 15 is 0 Å². The molecule has 1 aromatic rings. The summed E-state index contributed by atoms with van der Waals surface area (Å²) in [7, 11) is 1.18. The monoisotopic (exact) mass is 408 g/mol. The lowest BCUT2D eigenvalue weighted by atomic mass is 9.75. The molecule has 0 spiro atoms. The summed E-state index contributed by atoms with van der Waals surface area (Å²) >= 11 is -1.12. The first kappa shape index (κ1) is 21.9. The molecule has 1 saturated heterocycles. The highest BCUT2D eigenvalue weighted by molar-refractivity contribution is 7.89. The van der Waals surface area contributed by atoms with Crippen LogP contribution in [0.2, 0.25) is 0 Å². The molecule has 2 heterocycles. The van der Waals surface area contributed by atoms with E-state index in [2.05, 4.69) is 11.6 Å². The first-order valence-corrected chi connectivity index (χ1v) is 11.6. The van der Waals surface area contributed by atoms with Crippen molar-refractivity contribution in [1.82, 2.24) is 9.29 Å². The van der Waals surface area contributed by atoms with E-state index in [9.17, 15) is 9.35 Å². The molecule has 2 fully saturated rings. The Labute approximate surface area is 171 Å². The van der Waals surface area contributed by atoms with Gasteiger partial charge in [0.2, 0.25) is 0 Å². The van der Waals surface area contributed by atoms with Gasteiger partial charge in [0.25, 0.3) is 5.56 Å². The van der Waals surface area contributed by atoms with Crippen molar-refractivity contribution in [2.45, 2.75) is 77.5 Å². The zero-order valence-electron chi connectivity index (χ0n) is 17.9. The summed E-state index contributed by atoms with van der Waals surface area (Å²) in [5.74, 6) is 1.01. The Kier molecular flexibility index (Phi) is 6.37. The number of unbranched alkanes of at least 4 members (excludes halogenated alkanes) is 1. The number of aryl methyl sites for hydroxylation is 1. The maximum absolute atomic E-state index is 12.6. The summed E-state index contributed by atoms with van der Waals surface area (Å²) in [6, 6.07) is 1.54. The predicted molar refractivity (Wildman–Crippen MR) is 114 cm³/mol. The Morgan fingerprint density at radius 1 is 1.32 bits per heavy atom. The van der Waals surface area contributed by atoms with E-state index in [1.807, 2.05) is 33.9 Å². The van der Waals surface area contributed by atoms with Crippen LogP contribution in [-0.2, 0) is 27.7 Å². The Morgan fingerprint density at radius 2 is 1.93 bits per heavy atom. The fourth-order valence-corrected chi connectivity index (χ4v) is 4.69. The normalized spacial score (nSPS) is 23.0. The van der Waals surface area contributed by atoms with Crippen molar-refractivity contribution in [3.05, 3.63) is 28.2 Å². The maximum Gasteiger partial charge on any atom is 0.496 e. The van der Waals surface area contributed by atoms with Gasteiger partial charge in [-0.2, -0.15) is 0 Å². The van der Waals surface area contributed by atoms with Gasteiger partial charge in [-0.1, -0.05) is 13.3 Å². The third kappa shape index (κ3) is 4.51. The summed E-state index contributed by atoms with van der Waals surface area (Å²) in [6.45, 7) is 10.2. The molecule has 8 heteroatoms. The van der Waals surface area contributed by atoms with Gasteiger partial charge in [0, 0.05) is 36.1 Å². The molecule has 0 radical (unpaired) electrons. The predicted octanol–water partition coefficient (Wildman–Crippen LogP) is 2.19. The standard InChI is InChI=1S/C20H33BN2O4S/c1-7-8-11-28(25)22-18(14-9-10-14)15-12-17(24)23(6)13-16(15)21-26-19(2,3)20(4,5)27-21/h12-14,18,22H,7-11H2,1-6H3. The fourth-order valence-electron chi connectivity index (χ4n) is 3.42. The van der Waals surface area contributed by atoms with Crippen LogP contribution in [0.3, 0.4) is 0 Å². The van der Waals surface area contributed by atoms with Crippen LogP contribution in [0.1, 0.15) is 71.9 Å². The van der Waals surface area contributed by atoms with E-state index in [1.165, 1.54) is 0 Å². The minimum atomic E-state index is -1.12. The second-order valence-electron chi connectivity index (χ2n) is 9.06. The molecule has 6 nitrogen and oxygen atoms in total. The number of nitrogens with one attached hydrogen (secondary N) is 1. The van der Waals surface area contributed by atoms with E-state index in [0.717, 1.165) is 36.7 Å². The SMILES string of the molecule is CCCC[S+]([O-])NC(c1cc(=O)n(C)cc1B1OC(C)(C)C(C)(C)O1)C1CC1. The topological polar surface area (TPSA) is 75.5 Å². The highest BCUT2D eigenvalue weighted by atomic mass is 32.2. The van der Waals surface area contributed by atoms with E-state index < -0.39 is 29.7 Å². The van der Waals surface area contributed by atoms with Crippen molar-refractivity contribution in [2.24, 2.45) is 13.0 Å². The zero-order chi connectivity index (χ0) is 20.7. The number of aromatic nitrogens is 1. The number of nitrogens with zero attached hydrogens (tertiary/aromatic N) is 1. The smallest absolute Gasteiger partial charge is 0.496 e. The lowest BCUT2D eigenvalue weighted by molar-refractivity contribution is 0.00578. The first-order chi connectivity index (χ1) is 13.1. The third-order valence-electron chi connectivity index (χ3n) is 6.17. The van der Waals surface area contributed by atoms with E-state index in [1.54, 1.807) is 17.7 Å². The van der Waals surface area contributed by atoms with Crippen molar-refractivity contribution in [3.8, 4) is 0 Å². The van der Waals surface area contributed by atoms with Gasteiger partial charge in [0.15, 0.2) is 0 Å². The van der Waals surface area contributed by atoms with Crippen molar-refractivity contribution in [3.63, 3.8) is 0 Å². The van der Waals surface area contributed by atoms with Crippen LogP contribution in [0.25, 0.3) is 0 Å². The molecule has 1 aromatic heterocycles. The number of hydrogen-bond donors (Lipinski definition) is 1. The zero-order valence-corrected chi connectivity index (χ0v) is 18.7.